The maximum absolute atomic E-state index is 13.4. The molecular formula is C12H13BrFNO. The quantitative estimate of drug-likeness (QED) is 0.765. The largest absolute Gasteiger partial charge is 0.337 e. The zero-order valence-electron chi connectivity index (χ0n) is 8.83. The van der Waals surface area contributed by atoms with Gasteiger partial charge in [-0.15, -0.1) is 0 Å². The van der Waals surface area contributed by atoms with Crippen molar-refractivity contribution in [2.45, 2.75) is 24.2 Å². The third kappa shape index (κ3) is 2.43. The Kier molecular flexibility index (Phi) is 3.59. The molecule has 86 valence electrons. The lowest BCUT2D eigenvalue weighted by Crippen LogP contribution is -2.41. The second-order valence-electron chi connectivity index (χ2n) is 3.96. The van der Waals surface area contributed by atoms with Crippen LogP contribution in [0.4, 0.5) is 4.39 Å². The summed E-state index contributed by atoms with van der Waals surface area (Å²) in [4.78, 5) is 13.4. The number of rotatable bonds is 2. The van der Waals surface area contributed by atoms with Crippen molar-refractivity contribution < 1.29 is 9.18 Å². The third-order valence-corrected chi connectivity index (χ3v) is 3.63. The van der Waals surface area contributed by atoms with E-state index >= 15 is 0 Å². The molecule has 0 saturated carbocycles. The summed E-state index contributed by atoms with van der Waals surface area (Å²) < 4.78 is 13.4. The zero-order chi connectivity index (χ0) is 11.5. The fraction of sp³-hybridized carbons (Fsp3) is 0.417. The highest BCUT2D eigenvalue weighted by Gasteiger charge is 2.26. The molecule has 1 aromatic carbocycles. The molecule has 0 bridgehead atoms. The van der Waals surface area contributed by atoms with E-state index in [-0.39, 0.29) is 16.6 Å². The predicted molar refractivity (Wildman–Crippen MR) is 63.8 cm³/mol. The van der Waals surface area contributed by atoms with Gasteiger partial charge in [-0.3, -0.25) is 4.79 Å². The summed E-state index contributed by atoms with van der Waals surface area (Å²) in [6.07, 6.45) is 1.84. The van der Waals surface area contributed by atoms with Gasteiger partial charge < -0.3 is 4.90 Å². The molecule has 1 atom stereocenters. The lowest BCUT2D eigenvalue weighted by atomic mass is 10.1. The van der Waals surface area contributed by atoms with Crippen LogP contribution in [0.2, 0.25) is 0 Å². The van der Waals surface area contributed by atoms with Crippen molar-refractivity contribution in [1.82, 2.24) is 4.90 Å². The van der Waals surface area contributed by atoms with E-state index in [9.17, 15) is 9.18 Å². The van der Waals surface area contributed by atoms with E-state index in [1.807, 2.05) is 0 Å². The molecule has 1 aliphatic heterocycles. The number of hydrogen-bond acceptors (Lipinski definition) is 1. The number of likely N-dealkylation sites (tertiary alicyclic amines) is 1. The van der Waals surface area contributed by atoms with Gasteiger partial charge in [0, 0.05) is 18.7 Å². The van der Waals surface area contributed by atoms with Crippen LogP contribution in [0.15, 0.2) is 24.3 Å². The Morgan fingerprint density at radius 2 is 2.19 bits per heavy atom. The summed E-state index contributed by atoms with van der Waals surface area (Å²) in [5, 5.41) is 0. The summed E-state index contributed by atoms with van der Waals surface area (Å²) in [5.41, 5.74) is 0.581. The molecule has 16 heavy (non-hydrogen) atoms. The molecule has 1 heterocycles. The van der Waals surface area contributed by atoms with Crippen molar-refractivity contribution in [3.05, 3.63) is 35.6 Å². The first kappa shape index (κ1) is 11.6. The van der Waals surface area contributed by atoms with E-state index in [1.165, 1.54) is 6.07 Å². The molecular weight excluding hydrogens is 273 g/mol. The maximum atomic E-state index is 13.4. The van der Waals surface area contributed by atoms with E-state index in [4.69, 9.17) is 0 Å². The van der Waals surface area contributed by atoms with Crippen LogP contribution >= 0.6 is 15.9 Å². The first-order chi connectivity index (χ1) is 7.68. The molecule has 1 saturated heterocycles. The number of piperidine rings is 1. The number of alkyl halides is 1. The second kappa shape index (κ2) is 4.95. The molecule has 0 radical (unpaired) electrons. The molecule has 0 aromatic heterocycles. The van der Waals surface area contributed by atoms with Crippen LogP contribution in [0.3, 0.4) is 0 Å². The van der Waals surface area contributed by atoms with Crippen molar-refractivity contribution in [3.63, 3.8) is 0 Å². The molecule has 0 aliphatic carbocycles. The Labute approximate surface area is 103 Å². The fourth-order valence-electron chi connectivity index (χ4n) is 1.88. The molecule has 1 aliphatic rings. The fourth-order valence-corrected chi connectivity index (χ4v) is 2.50. The van der Waals surface area contributed by atoms with Crippen molar-refractivity contribution in [3.8, 4) is 0 Å². The maximum Gasteiger partial charge on any atom is 0.236 e. The highest BCUT2D eigenvalue weighted by molar-refractivity contribution is 9.10. The monoisotopic (exact) mass is 285 g/mol. The SMILES string of the molecule is O=C1C(Br)CCCN1Cc1ccccc1F. The minimum absolute atomic E-state index is 0.0644. The normalized spacial score (nSPS) is 21.2. The summed E-state index contributed by atoms with van der Waals surface area (Å²) >= 11 is 3.34. The van der Waals surface area contributed by atoms with E-state index in [0.717, 1.165) is 19.4 Å². The number of benzene rings is 1. The van der Waals surface area contributed by atoms with Crippen LogP contribution in [0.5, 0.6) is 0 Å². The van der Waals surface area contributed by atoms with Gasteiger partial charge >= 0.3 is 0 Å². The van der Waals surface area contributed by atoms with Crippen LogP contribution in [0.1, 0.15) is 18.4 Å². The number of halogens is 2. The van der Waals surface area contributed by atoms with Crippen molar-refractivity contribution in [1.29, 1.82) is 0 Å². The molecule has 1 amide bonds. The number of nitrogens with zero attached hydrogens (tertiary/aromatic N) is 1. The van der Waals surface area contributed by atoms with Gasteiger partial charge in [0.1, 0.15) is 5.82 Å². The molecule has 1 unspecified atom stereocenters. The standard InChI is InChI=1S/C12H13BrFNO/c13-10-5-3-7-15(12(10)16)8-9-4-1-2-6-11(9)14/h1-2,4,6,10H,3,5,7-8H2. The van der Waals surface area contributed by atoms with Gasteiger partial charge in [0.15, 0.2) is 0 Å². The third-order valence-electron chi connectivity index (χ3n) is 2.78. The van der Waals surface area contributed by atoms with E-state index in [0.29, 0.717) is 12.1 Å². The Morgan fingerprint density at radius 3 is 2.94 bits per heavy atom. The first-order valence-corrected chi connectivity index (χ1v) is 6.26. The van der Waals surface area contributed by atoms with E-state index < -0.39 is 0 Å². The molecule has 4 heteroatoms. The second-order valence-corrected chi connectivity index (χ2v) is 5.07. The van der Waals surface area contributed by atoms with Gasteiger partial charge in [0.05, 0.1) is 4.83 Å². The van der Waals surface area contributed by atoms with Crippen LogP contribution < -0.4 is 0 Å². The predicted octanol–water partition coefficient (Wildman–Crippen LogP) is 2.71. The molecule has 1 aromatic rings. The summed E-state index contributed by atoms with van der Waals surface area (Å²) in [6.45, 7) is 1.09. The Hall–Kier alpha value is -0.900. The molecule has 2 nitrogen and oxygen atoms in total. The van der Waals surface area contributed by atoms with Crippen LogP contribution in [-0.4, -0.2) is 22.2 Å². The van der Waals surface area contributed by atoms with Gasteiger partial charge in [-0.25, -0.2) is 4.39 Å². The van der Waals surface area contributed by atoms with Crippen LogP contribution in [0.25, 0.3) is 0 Å². The van der Waals surface area contributed by atoms with Crippen LogP contribution in [-0.2, 0) is 11.3 Å². The van der Waals surface area contributed by atoms with Gasteiger partial charge in [-0.2, -0.15) is 0 Å². The Balaban J connectivity index is 2.10. The first-order valence-electron chi connectivity index (χ1n) is 5.35. The molecule has 0 spiro atoms. The average Bonchev–Trinajstić information content (AvgIpc) is 2.28. The molecule has 0 N–H and O–H groups in total. The van der Waals surface area contributed by atoms with Gasteiger partial charge in [-0.05, 0) is 18.9 Å². The Bertz CT molecular complexity index is 396. The minimum Gasteiger partial charge on any atom is -0.337 e. The topological polar surface area (TPSA) is 20.3 Å². The molecule has 2 rings (SSSR count). The highest BCUT2D eigenvalue weighted by atomic mass is 79.9. The summed E-state index contributed by atoms with van der Waals surface area (Å²) in [7, 11) is 0. The van der Waals surface area contributed by atoms with Gasteiger partial charge in [-0.1, -0.05) is 34.1 Å². The number of amides is 1. The smallest absolute Gasteiger partial charge is 0.236 e. The molecule has 1 fully saturated rings. The minimum atomic E-state index is -0.244. The lowest BCUT2D eigenvalue weighted by molar-refractivity contribution is -0.133. The summed E-state index contributed by atoms with van der Waals surface area (Å²) in [5.74, 6) is -0.179. The average molecular weight is 286 g/mol. The number of carbonyl (C=O) groups is 1. The number of carbonyl (C=O) groups excluding carboxylic acids is 1. The lowest BCUT2D eigenvalue weighted by Gasteiger charge is -2.29. The highest BCUT2D eigenvalue weighted by Crippen LogP contribution is 2.21. The van der Waals surface area contributed by atoms with Gasteiger partial charge in [0.25, 0.3) is 0 Å². The Morgan fingerprint density at radius 1 is 1.44 bits per heavy atom. The van der Waals surface area contributed by atoms with E-state index in [1.54, 1.807) is 23.1 Å². The van der Waals surface area contributed by atoms with E-state index in [2.05, 4.69) is 15.9 Å². The summed E-state index contributed by atoms with van der Waals surface area (Å²) in [6, 6.07) is 6.60. The van der Waals surface area contributed by atoms with Crippen molar-refractivity contribution in [2.75, 3.05) is 6.54 Å². The van der Waals surface area contributed by atoms with Gasteiger partial charge in [0.2, 0.25) is 5.91 Å². The zero-order valence-corrected chi connectivity index (χ0v) is 10.4. The number of hydrogen-bond donors (Lipinski definition) is 0. The van der Waals surface area contributed by atoms with Crippen LogP contribution in [0, 0.1) is 5.82 Å². The van der Waals surface area contributed by atoms with Crippen molar-refractivity contribution in [2.24, 2.45) is 0 Å². The van der Waals surface area contributed by atoms with Crippen molar-refractivity contribution >= 4 is 21.8 Å².